The monoisotopic (exact) mass is 502 g/mol. The second-order valence-corrected chi connectivity index (χ2v) is 8.79. The van der Waals surface area contributed by atoms with Crippen LogP contribution in [0.1, 0.15) is 24.7 Å². The van der Waals surface area contributed by atoms with E-state index in [9.17, 15) is 9.90 Å². The van der Waals surface area contributed by atoms with Gasteiger partial charge in [0.2, 0.25) is 11.8 Å². The van der Waals surface area contributed by atoms with E-state index in [2.05, 4.69) is 31.4 Å². The van der Waals surface area contributed by atoms with E-state index in [1.54, 1.807) is 10.9 Å². The molecule has 1 unspecified atom stereocenters. The van der Waals surface area contributed by atoms with E-state index in [0.29, 0.717) is 28.7 Å². The minimum Gasteiger partial charge on any atom is -0.492 e. The van der Waals surface area contributed by atoms with Crippen LogP contribution in [-0.4, -0.2) is 72.8 Å². The third-order valence-corrected chi connectivity index (χ3v) is 6.50. The zero-order valence-corrected chi connectivity index (χ0v) is 20.4. The van der Waals surface area contributed by atoms with Crippen molar-refractivity contribution in [3.8, 4) is 12.3 Å². The van der Waals surface area contributed by atoms with Crippen molar-refractivity contribution >= 4 is 34.3 Å². The topological polar surface area (TPSA) is 155 Å². The van der Waals surface area contributed by atoms with Crippen molar-refractivity contribution in [2.24, 2.45) is 0 Å². The smallest absolute Gasteiger partial charge is 0.252 e. The number of amides is 1. The van der Waals surface area contributed by atoms with Crippen LogP contribution in [0.15, 0.2) is 42.6 Å². The second kappa shape index (κ2) is 9.20. The Bertz CT molecular complexity index is 1550. The lowest BCUT2D eigenvalue weighted by atomic mass is 9.85. The molecule has 4 N–H and O–H groups in total. The van der Waals surface area contributed by atoms with Crippen LogP contribution in [0.25, 0.3) is 22.4 Å². The van der Waals surface area contributed by atoms with Gasteiger partial charge >= 0.3 is 0 Å². The van der Waals surface area contributed by atoms with Crippen LogP contribution in [0.2, 0.25) is 0 Å². The maximum atomic E-state index is 13.9. The Morgan fingerprint density at radius 2 is 2.11 bits per heavy atom. The number of anilines is 1. The van der Waals surface area contributed by atoms with Gasteiger partial charge in [0.1, 0.15) is 5.60 Å². The van der Waals surface area contributed by atoms with Gasteiger partial charge in [-0.05, 0) is 12.0 Å². The lowest BCUT2D eigenvalue weighted by molar-refractivity contribution is -0.176. The Kier molecular flexibility index (Phi) is 6.02. The molecule has 1 atom stereocenters. The van der Waals surface area contributed by atoms with Gasteiger partial charge in [-0.1, -0.05) is 43.2 Å². The van der Waals surface area contributed by atoms with Gasteiger partial charge < -0.3 is 25.6 Å². The van der Waals surface area contributed by atoms with Gasteiger partial charge in [-0.15, -0.1) is 11.5 Å². The maximum absolute atomic E-state index is 13.9. The highest BCUT2D eigenvalue weighted by Gasteiger charge is 2.45. The van der Waals surface area contributed by atoms with Crippen molar-refractivity contribution in [2.75, 3.05) is 32.6 Å². The number of nitrogens with two attached hydrogens (primary N) is 1. The summed E-state index contributed by atoms with van der Waals surface area (Å²) in [6, 6.07) is 9.27. The number of fused-ring (bicyclic) bond motifs is 3. The standard InChI is InChI=1S/C25H26N8O4/c1-4-9-18(36-3)19-29-20-17-12-28-33(21(17)30-23(26)32(20)31-19)25(5-2,16-10-7-6-8-11-16)22(34)27-13-24(35)14-37-15-24/h1,6-12,35H,5,13-15H2,2-3H3,(H2,26,30)(H,27,34)/b18-9-. The van der Waals surface area contributed by atoms with Crippen LogP contribution in [0.4, 0.5) is 5.95 Å². The summed E-state index contributed by atoms with van der Waals surface area (Å²) in [5.41, 5.74) is 5.29. The summed E-state index contributed by atoms with van der Waals surface area (Å²) in [6.45, 7) is 2.23. The van der Waals surface area contributed by atoms with E-state index < -0.39 is 11.1 Å². The average Bonchev–Trinajstić information content (AvgIpc) is 3.52. The molecule has 0 aliphatic carbocycles. The number of aromatic nitrogens is 6. The zero-order chi connectivity index (χ0) is 26.2. The van der Waals surface area contributed by atoms with Gasteiger partial charge in [0.15, 0.2) is 22.6 Å². The van der Waals surface area contributed by atoms with E-state index in [1.807, 2.05) is 37.3 Å². The van der Waals surface area contributed by atoms with E-state index >= 15 is 0 Å². The average molecular weight is 503 g/mol. The van der Waals surface area contributed by atoms with Gasteiger partial charge in [0, 0.05) is 6.08 Å². The summed E-state index contributed by atoms with van der Waals surface area (Å²) >= 11 is 0. The molecular formula is C25H26N8O4. The van der Waals surface area contributed by atoms with Crippen LogP contribution < -0.4 is 11.1 Å². The third-order valence-electron chi connectivity index (χ3n) is 6.50. The van der Waals surface area contributed by atoms with E-state index in [-0.39, 0.29) is 43.2 Å². The Labute approximate surface area is 212 Å². The molecule has 1 amide bonds. The summed E-state index contributed by atoms with van der Waals surface area (Å²) in [4.78, 5) is 23.0. The molecule has 0 radical (unpaired) electrons. The second-order valence-electron chi connectivity index (χ2n) is 8.79. The van der Waals surface area contributed by atoms with Crippen LogP contribution in [0.5, 0.6) is 0 Å². The molecule has 0 spiro atoms. The number of rotatable bonds is 8. The number of carbonyl (C=O) groups excluding carboxylic acids is 1. The van der Waals surface area contributed by atoms with Gasteiger partial charge in [0.05, 0.1) is 38.5 Å². The number of ether oxygens (including phenoxy) is 2. The Morgan fingerprint density at radius 1 is 1.35 bits per heavy atom. The highest BCUT2D eigenvalue weighted by atomic mass is 16.5. The van der Waals surface area contributed by atoms with Crippen molar-refractivity contribution < 1.29 is 19.4 Å². The first-order valence-electron chi connectivity index (χ1n) is 11.6. The van der Waals surface area contributed by atoms with Crippen LogP contribution in [-0.2, 0) is 19.8 Å². The van der Waals surface area contributed by atoms with Gasteiger partial charge in [-0.3, -0.25) is 4.79 Å². The largest absolute Gasteiger partial charge is 0.492 e. The molecule has 1 fully saturated rings. The van der Waals surface area contributed by atoms with Crippen LogP contribution in [0.3, 0.4) is 0 Å². The normalized spacial score (nSPS) is 16.6. The number of methoxy groups -OCH3 is 1. The fourth-order valence-electron chi connectivity index (χ4n) is 4.49. The Hall–Kier alpha value is -4.47. The lowest BCUT2D eigenvalue weighted by Gasteiger charge is -2.38. The summed E-state index contributed by atoms with van der Waals surface area (Å²) in [5, 5.41) is 22.9. The fraction of sp³-hybridized carbons (Fsp3) is 0.320. The molecule has 0 saturated carbocycles. The quantitative estimate of drug-likeness (QED) is 0.233. The molecule has 4 heterocycles. The van der Waals surface area contributed by atoms with Crippen molar-refractivity contribution in [1.29, 1.82) is 0 Å². The SMILES string of the molecule is C#C/C=C(\OC)c1nc2c3cnn(C(CC)(C(=O)NCC4(O)COC4)c4ccccc4)c3nc(N)n2n1. The van der Waals surface area contributed by atoms with Crippen LogP contribution in [0, 0.1) is 12.3 Å². The number of nitrogen functional groups attached to an aromatic ring is 1. The molecule has 4 aromatic rings. The zero-order valence-electron chi connectivity index (χ0n) is 20.4. The van der Waals surface area contributed by atoms with Crippen molar-refractivity contribution in [1.82, 2.24) is 34.7 Å². The molecule has 12 heteroatoms. The Balaban J connectivity index is 1.69. The summed E-state index contributed by atoms with van der Waals surface area (Å²) in [6.07, 6.45) is 8.70. The number of terminal acetylenes is 1. The predicted molar refractivity (Wildman–Crippen MR) is 135 cm³/mol. The minimum atomic E-state index is -1.30. The van der Waals surface area contributed by atoms with Gasteiger partial charge in [-0.25, -0.2) is 9.67 Å². The molecule has 190 valence electrons. The van der Waals surface area contributed by atoms with E-state index in [1.165, 1.54) is 17.7 Å². The number of aliphatic hydroxyl groups is 1. The minimum absolute atomic E-state index is 0.0360. The number of nitrogens with zero attached hydrogens (tertiary/aromatic N) is 6. The summed E-state index contributed by atoms with van der Waals surface area (Å²) in [7, 11) is 1.46. The van der Waals surface area contributed by atoms with E-state index in [0.717, 1.165) is 0 Å². The molecule has 1 aliphatic rings. The highest BCUT2D eigenvalue weighted by molar-refractivity contribution is 5.94. The van der Waals surface area contributed by atoms with Gasteiger partial charge in [0.25, 0.3) is 5.91 Å². The van der Waals surface area contributed by atoms with Crippen molar-refractivity contribution in [2.45, 2.75) is 24.5 Å². The molecule has 12 nitrogen and oxygen atoms in total. The number of hydrogen-bond acceptors (Lipinski definition) is 9. The molecule has 3 aromatic heterocycles. The van der Waals surface area contributed by atoms with Crippen LogP contribution >= 0.6 is 0 Å². The first-order valence-corrected chi connectivity index (χ1v) is 11.6. The molecule has 1 saturated heterocycles. The molecular weight excluding hydrogens is 476 g/mol. The lowest BCUT2D eigenvalue weighted by Crippen LogP contribution is -2.60. The molecule has 37 heavy (non-hydrogen) atoms. The fourth-order valence-corrected chi connectivity index (χ4v) is 4.49. The Morgan fingerprint density at radius 3 is 2.73 bits per heavy atom. The number of nitrogens with one attached hydrogen (secondary N) is 1. The molecule has 1 aliphatic heterocycles. The molecule has 5 rings (SSSR count). The number of carbonyl (C=O) groups is 1. The first kappa shape index (κ1) is 24.2. The molecule has 1 aromatic carbocycles. The predicted octanol–water partition coefficient (Wildman–Crippen LogP) is 0.708. The number of benzene rings is 1. The summed E-state index contributed by atoms with van der Waals surface area (Å²) < 4.78 is 13.3. The number of hydrogen-bond donors (Lipinski definition) is 3. The maximum Gasteiger partial charge on any atom is 0.252 e. The van der Waals surface area contributed by atoms with Gasteiger partial charge in [-0.2, -0.15) is 14.6 Å². The van der Waals surface area contributed by atoms with Crippen molar-refractivity contribution in [3.63, 3.8) is 0 Å². The first-order chi connectivity index (χ1) is 17.9. The summed E-state index contributed by atoms with van der Waals surface area (Å²) in [5.74, 6) is 2.60. The highest BCUT2D eigenvalue weighted by Crippen LogP contribution is 2.34. The number of allylic oxidation sites excluding steroid dienone is 1. The van der Waals surface area contributed by atoms with Crippen molar-refractivity contribution in [3.05, 3.63) is 54.0 Å². The van der Waals surface area contributed by atoms with E-state index in [4.69, 9.17) is 21.6 Å². The molecule has 0 bridgehead atoms. The third kappa shape index (κ3) is 3.85.